The number of non-ortho nitro benzene ring substituents is 1. The number of ether oxygens (including phenoxy) is 2. The third kappa shape index (κ3) is 6.64. The summed E-state index contributed by atoms with van der Waals surface area (Å²) in [5.74, 6) is -0.344. The maximum atomic E-state index is 12.1. The summed E-state index contributed by atoms with van der Waals surface area (Å²) in [7, 11) is 0. The van der Waals surface area contributed by atoms with Crippen LogP contribution in [-0.2, 0) is 4.79 Å². The van der Waals surface area contributed by atoms with Crippen molar-refractivity contribution in [2.75, 3.05) is 6.61 Å². The highest BCUT2D eigenvalue weighted by molar-refractivity contribution is 6.30. The third-order valence-electron chi connectivity index (χ3n) is 3.97. The summed E-state index contributed by atoms with van der Waals surface area (Å²) in [6, 6.07) is 18.1. The first kappa shape index (κ1) is 22.4. The SMILES string of the molecule is O=C(COc1cccc(Cl)c1)N/N=C/c1ccc(OC(=O)c2ccc([N+](=O)[O-])cc2)cc1. The second-order valence-corrected chi connectivity index (χ2v) is 6.74. The summed E-state index contributed by atoms with van der Waals surface area (Å²) >= 11 is 5.84. The van der Waals surface area contributed by atoms with Crippen molar-refractivity contribution in [2.24, 2.45) is 5.10 Å². The summed E-state index contributed by atoms with van der Waals surface area (Å²) in [5, 5.41) is 15.0. The van der Waals surface area contributed by atoms with Crippen molar-refractivity contribution < 1.29 is 24.0 Å². The molecular weight excluding hydrogens is 438 g/mol. The number of benzene rings is 3. The van der Waals surface area contributed by atoms with Gasteiger partial charge in [0.05, 0.1) is 16.7 Å². The largest absolute Gasteiger partial charge is 0.484 e. The van der Waals surface area contributed by atoms with Gasteiger partial charge in [-0.25, -0.2) is 10.2 Å². The number of halogens is 1. The number of amides is 1. The number of nitro benzene ring substituents is 1. The molecule has 1 N–H and O–H groups in total. The lowest BCUT2D eigenvalue weighted by atomic mass is 10.2. The zero-order valence-electron chi connectivity index (χ0n) is 16.4. The molecule has 9 nitrogen and oxygen atoms in total. The zero-order valence-corrected chi connectivity index (χ0v) is 17.2. The molecule has 0 aliphatic rings. The zero-order chi connectivity index (χ0) is 22.9. The van der Waals surface area contributed by atoms with Crippen molar-refractivity contribution in [3.05, 3.63) is 99.1 Å². The van der Waals surface area contributed by atoms with Crippen LogP contribution in [0.2, 0.25) is 5.02 Å². The van der Waals surface area contributed by atoms with Crippen LogP contribution in [0.25, 0.3) is 0 Å². The van der Waals surface area contributed by atoms with Crippen molar-refractivity contribution in [1.82, 2.24) is 5.43 Å². The van der Waals surface area contributed by atoms with Gasteiger partial charge in [-0.15, -0.1) is 0 Å². The highest BCUT2D eigenvalue weighted by Crippen LogP contribution is 2.17. The van der Waals surface area contributed by atoms with Gasteiger partial charge in [-0.05, 0) is 60.2 Å². The number of nitrogens with zero attached hydrogens (tertiary/aromatic N) is 2. The minimum Gasteiger partial charge on any atom is -0.484 e. The molecule has 3 aromatic rings. The molecule has 0 aliphatic carbocycles. The van der Waals surface area contributed by atoms with E-state index in [1.165, 1.54) is 30.5 Å². The fraction of sp³-hybridized carbons (Fsp3) is 0.0455. The van der Waals surface area contributed by atoms with E-state index in [1.54, 1.807) is 48.5 Å². The van der Waals surface area contributed by atoms with Gasteiger partial charge in [0.1, 0.15) is 11.5 Å². The standard InChI is InChI=1S/C22H16ClN3O6/c23-17-2-1-3-20(12-17)31-14-21(27)25-24-13-15-4-10-19(11-5-15)32-22(28)16-6-8-18(9-7-16)26(29)30/h1-13H,14H2,(H,25,27)/b24-13+. The molecule has 0 radical (unpaired) electrons. The van der Waals surface area contributed by atoms with E-state index in [1.807, 2.05) is 0 Å². The van der Waals surface area contributed by atoms with Gasteiger partial charge in [-0.3, -0.25) is 14.9 Å². The van der Waals surface area contributed by atoms with Gasteiger partial charge >= 0.3 is 5.97 Å². The fourth-order valence-corrected chi connectivity index (χ4v) is 2.60. The Hall–Kier alpha value is -4.24. The highest BCUT2D eigenvalue weighted by atomic mass is 35.5. The normalized spacial score (nSPS) is 10.5. The monoisotopic (exact) mass is 453 g/mol. The maximum absolute atomic E-state index is 12.1. The van der Waals surface area contributed by atoms with Gasteiger partial charge in [0, 0.05) is 17.2 Å². The Morgan fingerprint density at radius 2 is 1.75 bits per heavy atom. The van der Waals surface area contributed by atoms with E-state index in [-0.39, 0.29) is 23.6 Å². The van der Waals surface area contributed by atoms with E-state index in [2.05, 4.69) is 10.5 Å². The van der Waals surface area contributed by atoms with Gasteiger partial charge in [-0.2, -0.15) is 5.10 Å². The Morgan fingerprint density at radius 1 is 1.03 bits per heavy atom. The lowest BCUT2D eigenvalue weighted by Gasteiger charge is -2.05. The number of nitrogens with one attached hydrogen (secondary N) is 1. The van der Waals surface area contributed by atoms with E-state index >= 15 is 0 Å². The molecule has 0 fully saturated rings. The molecule has 162 valence electrons. The number of hydrogen-bond donors (Lipinski definition) is 1. The fourth-order valence-electron chi connectivity index (χ4n) is 2.42. The lowest BCUT2D eigenvalue weighted by molar-refractivity contribution is -0.384. The summed E-state index contributed by atoms with van der Waals surface area (Å²) in [5.41, 5.74) is 3.05. The maximum Gasteiger partial charge on any atom is 0.343 e. The van der Waals surface area contributed by atoms with Crippen molar-refractivity contribution in [1.29, 1.82) is 0 Å². The first-order valence-corrected chi connectivity index (χ1v) is 9.55. The molecular formula is C22H16ClN3O6. The second-order valence-electron chi connectivity index (χ2n) is 6.30. The minimum absolute atomic E-state index is 0.117. The molecule has 0 unspecified atom stereocenters. The van der Waals surface area contributed by atoms with Crippen molar-refractivity contribution in [3.63, 3.8) is 0 Å². The van der Waals surface area contributed by atoms with Gasteiger partial charge in [0.25, 0.3) is 11.6 Å². The van der Waals surface area contributed by atoms with E-state index in [9.17, 15) is 19.7 Å². The van der Waals surface area contributed by atoms with Crippen LogP contribution < -0.4 is 14.9 Å². The molecule has 0 aromatic heterocycles. The topological polar surface area (TPSA) is 120 Å². The van der Waals surface area contributed by atoms with Crippen LogP contribution in [-0.4, -0.2) is 29.6 Å². The number of rotatable bonds is 8. The van der Waals surface area contributed by atoms with Gasteiger partial charge in [-0.1, -0.05) is 17.7 Å². The van der Waals surface area contributed by atoms with Gasteiger partial charge < -0.3 is 9.47 Å². The summed E-state index contributed by atoms with van der Waals surface area (Å²) in [4.78, 5) is 34.0. The van der Waals surface area contributed by atoms with Gasteiger partial charge in [0.2, 0.25) is 0 Å². The number of carbonyl (C=O) groups excluding carboxylic acids is 2. The first-order valence-electron chi connectivity index (χ1n) is 9.18. The Morgan fingerprint density at radius 3 is 2.41 bits per heavy atom. The summed E-state index contributed by atoms with van der Waals surface area (Å²) < 4.78 is 10.5. The second kappa shape index (κ2) is 10.7. The molecule has 10 heteroatoms. The van der Waals surface area contributed by atoms with E-state index in [4.69, 9.17) is 21.1 Å². The van der Waals surface area contributed by atoms with Crippen molar-refractivity contribution >= 4 is 35.4 Å². The minimum atomic E-state index is -0.645. The smallest absolute Gasteiger partial charge is 0.343 e. The molecule has 0 spiro atoms. The number of nitro groups is 1. The average molecular weight is 454 g/mol. The van der Waals surface area contributed by atoms with Crippen LogP contribution >= 0.6 is 11.6 Å². The summed E-state index contributed by atoms with van der Waals surface area (Å²) in [6.07, 6.45) is 1.42. The van der Waals surface area contributed by atoms with E-state index in [0.717, 1.165) is 0 Å². The Kier molecular flexibility index (Phi) is 7.50. The number of hydrazone groups is 1. The Bertz CT molecular complexity index is 1150. The average Bonchev–Trinajstić information content (AvgIpc) is 2.79. The molecule has 0 atom stereocenters. The summed E-state index contributed by atoms with van der Waals surface area (Å²) in [6.45, 7) is -0.227. The Labute approximate surface area is 187 Å². The first-order chi connectivity index (χ1) is 15.4. The Balaban J connectivity index is 1.47. The van der Waals surface area contributed by atoms with Crippen molar-refractivity contribution in [2.45, 2.75) is 0 Å². The molecule has 0 saturated carbocycles. The number of esters is 1. The van der Waals surface area contributed by atoms with E-state index in [0.29, 0.717) is 16.3 Å². The van der Waals surface area contributed by atoms with Crippen LogP contribution in [0.4, 0.5) is 5.69 Å². The molecule has 0 saturated heterocycles. The number of hydrogen-bond acceptors (Lipinski definition) is 7. The van der Waals surface area contributed by atoms with E-state index < -0.39 is 16.8 Å². The third-order valence-corrected chi connectivity index (χ3v) is 4.21. The van der Waals surface area contributed by atoms with Crippen LogP contribution in [0.15, 0.2) is 77.9 Å². The van der Waals surface area contributed by atoms with Crippen LogP contribution in [0.3, 0.4) is 0 Å². The molecule has 32 heavy (non-hydrogen) atoms. The van der Waals surface area contributed by atoms with Crippen molar-refractivity contribution in [3.8, 4) is 11.5 Å². The molecule has 0 aliphatic heterocycles. The number of carbonyl (C=O) groups is 2. The van der Waals surface area contributed by atoms with Crippen LogP contribution in [0, 0.1) is 10.1 Å². The van der Waals surface area contributed by atoms with Crippen LogP contribution in [0.1, 0.15) is 15.9 Å². The molecule has 3 rings (SSSR count). The highest BCUT2D eigenvalue weighted by Gasteiger charge is 2.11. The predicted octanol–water partition coefficient (Wildman–Crippen LogP) is 4.00. The lowest BCUT2D eigenvalue weighted by Crippen LogP contribution is -2.24. The predicted molar refractivity (Wildman–Crippen MR) is 117 cm³/mol. The molecule has 0 heterocycles. The molecule has 1 amide bonds. The van der Waals surface area contributed by atoms with Gasteiger partial charge in [0.15, 0.2) is 6.61 Å². The molecule has 3 aromatic carbocycles. The quantitative estimate of drug-likeness (QED) is 0.181. The van der Waals surface area contributed by atoms with Crippen LogP contribution in [0.5, 0.6) is 11.5 Å². The molecule has 0 bridgehead atoms.